The highest BCUT2D eigenvalue weighted by molar-refractivity contribution is 7.89. The Kier molecular flexibility index (Phi) is 4.73. The van der Waals surface area contributed by atoms with Gasteiger partial charge in [-0.15, -0.1) is 0 Å². The highest BCUT2D eigenvalue weighted by Gasteiger charge is 2.39. The van der Waals surface area contributed by atoms with E-state index in [1.54, 1.807) is 0 Å². The summed E-state index contributed by atoms with van der Waals surface area (Å²) in [5.74, 6) is -1.37. The van der Waals surface area contributed by atoms with Crippen LogP contribution >= 0.6 is 0 Å². The molecule has 0 saturated carbocycles. The lowest BCUT2D eigenvalue weighted by atomic mass is 10.4. The average Bonchev–Trinajstić information content (AvgIpc) is 2.67. The van der Waals surface area contributed by atoms with E-state index in [9.17, 15) is 26.4 Å². The SMILES string of the molecule is CC(C)N(CC(F)(F)F)S(=O)(=O)c1cc(C(=O)O)n(C)c1. The molecule has 120 valence electrons. The maximum atomic E-state index is 12.5. The number of sulfonamides is 1. The summed E-state index contributed by atoms with van der Waals surface area (Å²) in [5, 5.41) is 8.87. The maximum Gasteiger partial charge on any atom is 0.402 e. The van der Waals surface area contributed by atoms with E-state index in [0.29, 0.717) is 0 Å². The van der Waals surface area contributed by atoms with Gasteiger partial charge in [0.1, 0.15) is 17.1 Å². The van der Waals surface area contributed by atoms with E-state index in [-0.39, 0.29) is 10.00 Å². The Labute approximate surface area is 119 Å². The van der Waals surface area contributed by atoms with Crippen molar-refractivity contribution in [2.75, 3.05) is 6.54 Å². The predicted octanol–water partition coefficient (Wildman–Crippen LogP) is 1.68. The Morgan fingerprint density at radius 2 is 1.95 bits per heavy atom. The summed E-state index contributed by atoms with van der Waals surface area (Å²) in [6, 6.07) is -0.0891. The van der Waals surface area contributed by atoms with E-state index in [4.69, 9.17) is 5.11 Å². The molecular weight excluding hydrogens is 313 g/mol. The summed E-state index contributed by atoms with van der Waals surface area (Å²) in [6.07, 6.45) is -3.72. The lowest BCUT2D eigenvalue weighted by Gasteiger charge is -2.26. The van der Waals surface area contributed by atoms with Crippen LogP contribution in [-0.2, 0) is 17.1 Å². The van der Waals surface area contributed by atoms with E-state index in [1.165, 1.54) is 20.9 Å². The van der Waals surface area contributed by atoms with Gasteiger partial charge in [0.25, 0.3) is 0 Å². The number of aromatic carboxylic acids is 1. The van der Waals surface area contributed by atoms with Crippen molar-refractivity contribution in [1.82, 2.24) is 8.87 Å². The number of carboxylic acids is 1. The topological polar surface area (TPSA) is 79.6 Å². The second-order valence-corrected chi connectivity index (χ2v) is 6.63. The van der Waals surface area contributed by atoms with Crippen LogP contribution in [0.25, 0.3) is 0 Å². The fourth-order valence-corrected chi connectivity index (χ4v) is 3.44. The van der Waals surface area contributed by atoms with Crippen LogP contribution in [-0.4, -0.2) is 47.1 Å². The van der Waals surface area contributed by atoms with Crippen molar-refractivity contribution in [2.24, 2.45) is 7.05 Å². The van der Waals surface area contributed by atoms with E-state index >= 15 is 0 Å². The lowest BCUT2D eigenvalue weighted by Crippen LogP contribution is -2.43. The van der Waals surface area contributed by atoms with Crippen LogP contribution in [0.15, 0.2) is 17.2 Å². The summed E-state index contributed by atoms with van der Waals surface area (Å²) in [5.41, 5.74) is -0.329. The zero-order valence-electron chi connectivity index (χ0n) is 11.5. The van der Waals surface area contributed by atoms with Crippen molar-refractivity contribution in [3.05, 3.63) is 18.0 Å². The molecule has 0 aliphatic carbocycles. The Bertz CT molecular complexity index is 634. The Balaban J connectivity index is 3.30. The summed E-state index contributed by atoms with van der Waals surface area (Å²) in [7, 11) is -3.14. The van der Waals surface area contributed by atoms with Gasteiger partial charge in [-0.1, -0.05) is 0 Å². The first kappa shape index (κ1) is 17.5. The Hall–Kier alpha value is -1.55. The van der Waals surface area contributed by atoms with Crippen LogP contribution < -0.4 is 0 Å². The van der Waals surface area contributed by atoms with Crippen LogP contribution in [0, 0.1) is 0 Å². The smallest absolute Gasteiger partial charge is 0.402 e. The van der Waals surface area contributed by atoms with Crippen molar-refractivity contribution in [3.8, 4) is 0 Å². The van der Waals surface area contributed by atoms with Gasteiger partial charge in [0, 0.05) is 19.3 Å². The number of carbonyl (C=O) groups is 1. The number of alkyl halides is 3. The summed E-state index contributed by atoms with van der Waals surface area (Å²) >= 11 is 0. The van der Waals surface area contributed by atoms with Crippen LogP contribution in [0.4, 0.5) is 13.2 Å². The molecule has 0 aliphatic heterocycles. The van der Waals surface area contributed by atoms with Crippen LogP contribution in [0.1, 0.15) is 24.3 Å². The normalized spacial score (nSPS) is 13.1. The van der Waals surface area contributed by atoms with Gasteiger partial charge in [-0.3, -0.25) is 0 Å². The quantitative estimate of drug-likeness (QED) is 0.892. The number of nitrogens with zero attached hydrogens (tertiary/aromatic N) is 2. The molecule has 1 rings (SSSR count). The number of hydrogen-bond donors (Lipinski definition) is 1. The Morgan fingerprint density at radius 1 is 1.43 bits per heavy atom. The van der Waals surface area contributed by atoms with Gasteiger partial charge in [-0.05, 0) is 19.9 Å². The van der Waals surface area contributed by atoms with Crippen molar-refractivity contribution >= 4 is 16.0 Å². The van der Waals surface area contributed by atoms with E-state index in [0.717, 1.165) is 16.8 Å². The lowest BCUT2D eigenvalue weighted by molar-refractivity contribution is -0.138. The van der Waals surface area contributed by atoms with Crippen molar-refractivity contribution in [3.63, 3.8) is 0 Å². The molecule has 0 radical (unpaired) electrons. The number of aryl methyl sites for hydroxylation is 1. The van der Waals surface area contributed by atoms with Gasteiger partial charge in [-0.25, -0.2) is 13.2 Å². The molecule has 6 nitrogen and oxygen atoms in total. The van der Waals surface area contributed by atoms with Crippen LogP contribution in [0.5, 0.6) is 0 Å². The van der Waals surface area contributed by atoms with Crippen molar-refractivity contribution in [2.45, 2.75) is 31.0 Å². The molecule has 0 aromatic carbocycles. The standard InChI is InChI=1S/C11H15F3N2O4S/c1-7(2)16(6-11(12,13)14)21(19,20)8-4-9(10(17)18)15(3)5-8/h4-5,7H,6H2,1-3H3,(H,17,18). The minimum atomic E-state index is -4.69. The number of hydrogen-bond acceptors (Lipinski definition) is 3. The van der Waals surface area contributed by atoms with Gasteiger partial charge in [-0.2, -0.15) is 17.5 Å². The number of rotatable bonds is 5. The molecule has 0 unspecified atom stereocenters. The van der Waals surface area contributed by atoms with Gasteiger partial charge >= 0.3 is 12.1 Å². The molecule has 0 atom stereocenters. The van der Waals surface area contributed by atoms with Crippen molar-refractivity contribution < 1.29 is 31.5 Å². The van der Waals surface area contributed by atoms with Gasteiger partial charge in [0.2, 0.25) is 10.0 Å². The van der Waals surface area contributed by atoms with Crippen LogP contribution in [0.3, 0.4) is 0 Å². The zero-order chi connectivity index (χ0) is 16.6. The Morgan fingerprint density at radius 3 is 2.29 bits per heavy atom. The zero-order valence-corrected chi connectivity index (χ0v) is 12.4. The molecule has 1 aromatic rings. The third-order valence-corrected chi connectivity index (χ3v) is 4.70. The first-order valence-corrected chi connectivity index (χ1v) is 7.28. The first-order valence-electron chi connectivity index (χ1n) is 5.84. The molecule has 0 aliphatic rings. The molecule has 1 N–H and O–H groups in total. The molecular formula is C11H15F3N2O4S. The maximum absolute atomic E-state index is 12.5. The van der Waals surface area contributed by atoms with Crippen molar-refractivity contribution in [1.29, 1.82) is 0 Å². The third-order valence-electron chi connectivity index (χ3n) is 2.72. The van der Waals surface area contributed by atoms with Gasteiger partial charge in [0.05, 0.1) is 0 Å². The first-order chi connectivity index (χ1) is 9.36. The minimum absolute atomic E-state index is 0.286. The molecule has 0 amide bonds. The molecule has 1 heterocycles. The monoisotopic (exact) mass is 328 g/mol. The summed E-state index contributed by atoms with van der Waals surface area (Å²) in [6.45, 7) is 0.985. The largest absolute Gasteiger partial charge is 0.477 e. The fraction of sp³-hybridized carbons (Fsp3) is 0.545. The third kappa shape index (κ3) is 3.97. The van der Waals surface area contributed by atoms with Gasteiger partial charge in [0.15, 0.2) is 0 Å². The number of halogens is 3. The highest BCUT2D eigenvalue weighted by Crippen LogP contribution is 2.25. The molecule has 0 bridgehead atoms. The van der Waals surface area contributed by atoms with Crippen LogP contribution in [0.2, 0.25) is 0 Å². The minimum Gasteiger partial charge on any atom is -0.477 e. The van der Waals surface area contributed by atoms with E-state index in [2.05, 4.69) is 0 Å². The number of carboxylic acid groups (broad SMARTS) is 1. The second kappa shape index (κ2) is 5.68. The molecule has 0 saturated heterocycles. The molecule has 0 fully saturated rings. The van der Waals surface area contributed by atoms with Gasteiger partial charge < -0.3 is 9.67 Å². The van der Waals surface area contributed by atoms with E-state index in [1.807, 2.05) is 0 Å². The molecule has 1 aromatic heterocycles. The summed E-state index contributed by atoms with van der Waals surface area (Å²) in [4.78, 5) is 10.4. The summed E-state index contributed by atoms with van der Waals surface area (Å²) < 4.78 is 63.4. The molecule has 10 heteroatoms. The fourth-order valence-electron chi connectivity index (χ4n) is 1.75. The molecule has 0 spiro atoms. The average molecular weight is 328 g/mol. The number of aromatic nitrogens is 1. The van der Waals surface area contributed by atoms with E-state index < -0.39 is 39.7 Å². The predicted molar refractivity (Wildman–Crippen MR) is 67.5 cm³/mol. The second-order valence-electron chi connectivity index (χ2n) is 4.74. The molecule has 21 heavy (non-hydrogen) atoms. The highest BCUT2D eigenvalue weighted by atomic mass is 32.2.